The smallest absolute Gasteiger partial charge is 0.306 e. The van der Waals surface area contributed by atoms with Gasteiger partial charge in [-0.3, -0.25) is 14.4 Å². The van der Waals surface area contributed by atoms with Crippen molar-refractivity contribution in [2.45, 2.75) is 290 Å². The van der Waals surface area contributed by atoms with Crippen molar-refractivity contribution in [1.29, 1.82) is 0 Å². The lowest BCUT2D eigenvalue weighted by Crippen LogP contribution is -2.30. The van der Waals surface area contributed by atoms with E-state index in [1.807, 2.05) is 0 Å². The Morgan fingerprint density at radius 3 is 0.894 bits per heavy atom. The second-order valence-corrected chi connectivity index (χ2v) is 18.8. The molecule has 0 saturated carbocycles. The highest BCUT2D eigenvalue weighted by atomic mass is 16.6. The number of ether oxygens (including phenoxy) is 3. The Morgan fingerprint density at radius 1 is 0.303 bits per heavy atom. The van der Waals surface area contributed by atoms with E-state index < -0.39 is 6.10 Å². The number of carbonyl (C=O) groups is 3. The van der Waals surface area contributed by atoms with Gasteiger partial charge in [-0.1, -0.05) is 216 Å². The standard InChI is InChI=1S/C60H106O6/c1-4-7-10-13-16-19-22-25-27-29-30-32-33-35-38-41-44-47-50-53-59(62)65-56-57(55-64-58(61)52-49-46-43-40-37-24-21-18-15-12-9-6-3)66-60(63)54-51-48-45-42-39-36-34-31-28-26-23-20-17-14-11-8-5-2/h16,18-19,21,25-28,30,32,57H,4-15,17,20,22-24,29,31,33-56H2,1-3H3/b19-16-,21-18-,27-25-,28-26-,32-30-/t57-/m1/s1. The molecule has 0 spiro atoms. The molecule has 0 aromatic carbocycles. The van der Waals surface area contributed by atoms with Crippen LogP contribution in [-0.2, 0) is 28.6 Å². The van der Waals surface area contributed by atoms with Crippen molar-refractivity contribution in [3.8, 4) is 0 Å². The Labute approximate surface area is 409 Å². The van der Waals surface area contributed by atoms with E-state index in [9.17, 15) is 14.4 Å². The first-order valence-corrected chi connectivity index (χ1v) is 28.3. The number of carbonyl (C=O) groups excluding carboxylic acids is 3. The Kier molecular flexibility index (Phi) is 52.3. The van der Waals surface area contributed by atoms with Gasteiger partial charge in [-0.2, -0.15) is 0 Å². The SMILES string of the molecule is CCCCC/C=C\C/C=C\C/C=C\CCCCCCCCC(=O)OC[C@@H](COC(=O)CCCCCCC/C=C\CCCCC)OC(=O)CCCCCCCCC/C=C\CCCCCCCC. The molecular weight excluding hydrogens is 817 g/mol. The Morgan fingerprint density at radius 2 is 0.545 bits per heavy atom. The van der Waals surface area contributed by atoms with Crippen LogP contribution in [0.2, 0.25) is 0 Å². The molecule has 0 aliphatic heterocycles. The first-order valence-electron chi connectivity index (χ1n) is 28.3. The fraction of sp³-hybridized carbons (Fsp3) is 0.783. The maximum atomic E-state index is 12.8. The third-order valence-electron chi connectivity index (χ3n) is 12.2. The quantitative estimate of drug-likeness (QED) is 0.0262. The summed E-state index contributed by atoms with van der Waals surface area (Å²) in [6.07, 6.45) is 67.7. The van der Waals surface area contributed by atoms with Crippen molar-refractivity contribution in [2.75, 3.05) is 13.2 Å². The molecule has 0 radical (unpaired) electrons. The molecule has 382 valence electrons. The minimum absolute atomic E-state index is 0.0839. The zero-order valence-electron chi connectivity index (χ0n) is 43.7. The van der Waals surface area contributed by atoms with Gasteiger partial charge in [0.15, 0.2) is 6.10 Å². The molecule has 0 heterocycles. The lowest BCUT2D eigenvalue weighted by molar-refractivity contribution is -0.167. The van der Waals surface area contributed by atoms with Crippen molar-refractivity contribution >= 4 is 17.9 Å². The van der Waals surface area contributed by atoms with E-state index >= 15 is 0 Å². The average Bonchev–Trinajstić information content (AvgIpc) is 3.31. The molecule has 0 amide bonds. The van der Waals surface area contributed by atoms with Gasteiger partial charge < -0.3 is 14.2 Å². The second-order valence-electron chi connectivity index (χ2n) is 18.8. The van der Waals surface area contributed by atoms with Crippen molar-refractivity contribution in [3.05, 3.63) is 60.8 Å². The molecule has 0 aliphatic rings. The van der Waals surface area contributed by atoms with Crippen molar-refractivity contribution in [2.24, 2.45) is 0 Å². The van der Waals surface area contributed by atoms with E-state index in [-0.39, 0.29) is 31.1 Å². The van der Waals surface area contributed by atoms with E-state index in [1.54, 1.807) is 0 Å². The predicted molar refractivity (Wildman–Crippen MR) is 284 cm³/mol. The Hall–Kier alpha value is -2.89. The topological polar surface area (TPSA) is 78.9 Å². The van der Waals surface area contributed by atoms with E-state index in [2.05, 4.69) is 81.5 Å². The van der Waals surface area contributed by atoms with Crippen LogP contribution in [0.5, 0.6) is 0 Å². The van der Waals surface area contributed by atoms with Crippen LogP contribution < -0.4 is 0 Å². The van der Waals surface area contributed by atoms with Crippen LogP contribution in [0.4, 0.5) is 0 Å². The highest BCUT2D eigenvalue weighted by molar-refractivity contribution is 5.71. The zero-order chi connectivity index (χ0) is 47.9. The lowest BCUT2D eigenvalue weighted by Gasteiger charge is -2.18. The molecule has 0 unspecified atom stereocenters. The monoisotopic (exact) mass is 923 g/mol. The Balaban J connectivity index is 4.38. The van der Waals surface area contributed by atoms with Crippen molar-refractivity contribution < 1.29 is 28.6 Å². The summed E-state index contributed by atoms with van der Waals surface area (Å²) in [7, 11) is 0. The van der Waals surface area contributed by atoms with Gasteiger partial charge in [0, 0.05) is 19.3 Å². The number of rotatable bonds is 51. The fourth-order valence-electron chi connectivity index (χ4n) is 7.91. The van der Waals surface area contributed by atoms with E-state index in [0.717, 1.165) is 83.5 Å². The number of esters is 3. The van der Waals surface area contributed by atoms with Gasteiger partial charge in [-0.25, -0.2) is 0 Å². The molecule has 0 bridgehead atoms. The molecule has 6 heteroatoms. The van der Waals surface area contributed by atoms with Gasteiger partial charge in [0.1, 0.15) is 13.2 Å². The maximum Gasteiger partial charge on any atom is 0.306 e. The maximum absolute atomic E-state index is 12.8. The van der Waals surface area contributed by atoms with E-state index in [0.29, 0.717) is 19.3 Å². The molecule has 6 nitrogen and oxygen atoms in total. The summed E-state index contributed by atoms with van der Waals surface area (Å²) in [5.41, 5.74) is 0. The second kappa shape index (κ2) is 54.7. The molecule has 0 saturated heterocycles. The lowest BCUT2D eigenvalue weighted by atomic mass is 10.1. The summed E-state index contributed by atoms with van der Waals surface area (Å²) in [6.45, 7) is 6.58. The number of unbranched alkanes of at least 4 members (excludes halogenated alkanes) is 30. The summed E-state index contributed by atoms with van der Waals surface area (Å²) in [5.74, 6) is -0.901. The van der Waals surface area contributed by atoms with E-state index in [1.165, 1.54) is 161 Å². The zero-order valence-corrected chi connectivity index (χ0v) is 43.7. The molecule has 0 aromatic rings. The Bertz CT molecular complexity index is 1200. The van der Waals surface area contributed by atoms with Crippen LogP contribution in [0, 0.1) is 0 Å². The first-order chi connectivity index (χ1) is 32.5. The fourth-order valence-corrected chi connectivity index (χ4v) is 7.91. The summed E-state index contributed by atoms with van der Waals surface area (Å²) in [4.78, 5) is 38.1. The van der Waals surface area contributed by atoms with Crippen LogP contribution in [-0.4, -0.2) is 37.2 Å². The van der Waals surface area contributed by atoms with Crippen LogP contribution >= 0.6 is 0 Å². The van der Waals surface area contributed by atoms with Crippen LogP contribution in [0.25, 0.3) is 0 Å². The number of hydrogen-bond acceptors (Lipinski definition) is 6. The highest BCUT2D eigenvalue weighted by Crippen LogP contribution is 2.15. The number of allylic oxidation sites excluding steroid dienone is 10. The van der Waals surface area contributed by atoms with Gasteiger partial charge in [0.05, 0.1) is 0 Å². The average molecular weight is 924 g/mol. The summed E-state index contributed by atoms with van der Waals surface area (Å²) in [6, 6.07) is 0. The third-order valence-corrected chi connectivity index (χ3v) is 12.2. The van der Waals surface area contributed by atoms with Crippen LogP contribution in [0.1, 0.15) is 284 Å². The summed E-state index contributed by atoms with van der Waals surface area (Å²) < 4.78 is 16.8. The normalized spacial score (nSPS) is 12.5. The molecule has 0 N–H and O–H groups in total. The largest absolute Gasteiger partial charge is 0.462 e. The number of hydrogen-bond donors (Lipinski definition) is 0. The minimum atomic E-state index is -0.785. The van der Waals surface area contributed by atoms with Crippen molar-refractivity contribution in [1.82, 2.24) is 0 Å². The first kappa shape index (κ1) is 63.1. The predicted octanol–water partition coefficient (Wildman–Crippen LogP) is 18.8. The molecule has 0 aliphatic carbocycles. The molecule has 66 heavy (non-hydrogen) atoms. The van der Waals surface area contributed by atoms with Gasteiger partial charge in [0.2, 0.25) is 0 Å². The van der Waals surface area contributed by atoms with Gasteiger partial charge >= 0.3 is 17.9 Å². The van der Waals surface area contributed by atoms with Crippen LogP contribution in [0.3, 0.4) is 0 Å². The summed E-state index contributed by atoms with van der Waals surface area (Å²) in [5, 5.41) is 0. The molecule has 0 aromatic heterocycles. The van der Waals surface area contributed by atoms with Gasteiger partial charge in [0.25, 0.3) is 0 Å². The summed E-state index contributed by atoms with van der Waals surface area (Å²) >= 11 is 0. The van der Waals surface area contributed by atoms with E-state index in [4.69, 9.17) is 14.2 Å². The third kappa shape index (κ3) is 52.1. The molecule has 0 rings (SSSR count). The molecule has 0 fully saturated rings. The molecular formula is C60H106O6. The van der Waals surface area contributed by atoms with Crippen LogP contribution in [0.15, 0.2) is 60.8 Å². The van der Waals surface area contributed by atoms with Crippen molar-refractivity contribution in [3.63, 3.8) is 0 Å². The van der Waals surface area contributed by atoms with Gasteiger partial charge in [-0.05, 0) is 109 Å². The van der Waals surface area contributed by atoms with Gasteiger partial charge in [-0.15, -0.1) is 0 Å². The minimum Gasteiger partial charge on any atom is -0.462 e. The highest BCUT2D eigenvalue weighted by Gasteiger charge is 2.19. The molecule has 1 atom stereocenters.